The average molecular weight is 413 g/mol. The van der Waals surface area contributed by atoms with Gasteiger partial charge in [-0.15, -0.1) is 0 Å². The van der Waals surface area contributed by atoms with Crippen LogP contribution in [-0.4, -0.2) is 70.3 Å². The molecule has 3 rings (SSSR count). The van der Waals surface area contributed by atoms with Gasteiger partial charge in [-0.3, -0.25) is 9.89 Å². The van der Waals surface area contributed by atoms with Crippen LogP contribution in [0.3, 0.4) is 0 Å². The highest BCUT2D eigenvalue weighted by atomic mass is 16.5. The summed E-state index contributed by atoms with van der Waals surface area (Å²) in [5.41, 5.74) is 2.34. The molecular weight excluding hydrogens is 380 g/mol. The van der Waals surface area contributed by atoms with Gasteiger partial charge in [-0.1, -0.05) is 12.1 Å². The zero-order chi connectivity index (χ0) is 21.3. The van der Waals surface area contributed by atoms with Gasteiger partial charge in [0.05, 0.1) is 21.3 Å². The first-order valence-corrected chi connectivity index (χ1v) is 10.2. The summed E-state index contributed by atoms with van der Waals surface area (Å²) < 4.78 is 16.1. The van der Waals surface area contributed by atoms with Crippen molar-refractivity contribution in [2.75, 3.05) is 54.6 Å². The maximum atomic E-state index is 5.52. The molecule has 0 spiro atoms. The Kier molecular flexibility index (Phi) is 7.79. The van der Waals surface area contributed by atoms with Crippen molar-refractivity contribution in [1.29, 1.82) is 0 Å². The lowest BCUT2D eigenvalue weighted by Crippen LogP contribution is -2.52. The van der Waals surface area contributed by atoms with Gasteiger partial charge in [0, 0.05) is 51.9 Å². The molecule has 162 valence electrons. The molecule has 0 atom stereocenters. The number of methoxy groups -OCH3 is 3. The van der Waals surface area contributed by atoms with E-state index in [0.717, 1.165) is 68.0 Å². The van der Waals surface area contributed by atoms with Crippen LogP contribution < -0.4 is 19.5 Å². The molecule has 1 N–H and O–H groups in total. The van der Waals surface area contributed by atoms with Crippen molar-refractivity contribution < 1.29 is 14.2 Å². The fraction of sp³-hybridized carbons (Fsp3) is 0.435. The molecule has 0 aromatic heterocycles. The second kappa shape index (κ2) is 10.7. The number of ether oxygens (including phenoxy) is 3. The fourth-order valence-electron chi connectivity index (χ4n) is 3.62. The first kappa shape index (κ1) is 21.8. The van der Waals surface area contributed by atoms with E-state index in [2.05, 4.69) is 38.3 Å². The topological polar surface area (TPSA) is 58.6 Å². The van der Waals surface area contributed by atoms with Gasteiger partial charge in [-0.2, -0.15) is 0 Å². The summed E-state index contributed by atoms with van der Waals surface area (Å²) >= 11 is 0. The van der Waals surface area contributed by atoms with Crippen molar-refractivity contribution in [3.8, 4) is 17.2 Å². The van der Waals surface area contributed by atoms with E-state index in [1.807, 2.05) is 31.3 Å². The Morgan fingerprint density at radius 1 is 0.900 bits per heavy atom. The molecule has 30 heavy (non-hydrogen) atoms. The molecular formula is C23H32N4O3. The molecule has 1 heterocycles. The highest BCUT2D eigenvalue weighted by Gasteiger charge is 2.20. The van der Waals surface area contributed by atoms with E-state index in [-0.39, 0.29) is 0 Å². The number of piperazine rings is 1. The van der Waals surface area contributed by atoms with Crippen LogP contribution in [0.4, 0.5) is 0 Å². The van der Waals surface area contributed by atoms with Crippen molar-refractivity contribution in [2.45, 2.75) is 13.1 Å². The Morgan fingerprint density at radius 2 is 1.57 bits per heavy atom. The molecule has 0 unspecified atom stereocenters. The van der Waals surface area contributed by atoms with Gasteiger partial charge >= 0.3 is 0 Å². The molecule has 7 heteroatoms. The Bertz CT molecular complexity index is 831. The Balaban J connectivity index is 1.52. The van der Waals surface area contributed by atoms with Crippen LogP contribution in [0, 0.1) is 0 Å². The van der Waals surface area contributed by atoms with E-state index in [4.69, 9.17) is 14.2 Å². The third-order valence-corrected chi connectivity index (χ3v) is 5.37. The van der Waals surface area contributed by atoms with Gasteiger partial charge < -0.3 is 24.4 Å². The quantitative estimate of drug-likeness (QED) is 0.557. The van der Waals surface area contributed by atoms with Crippen LogP contribution in [0.1, 0.15) is 11.1 Å². The number of rotatable bonds is 7. The molecule has 0 amide bonds. The minimum Gasteiger partial charge on any atom is -0.497 e. The Labute approximate surface area is 179 Å². The zero-order valence-corrected chi connectivity index (χ0v) is 18.4. The van der Waals surface area contributed by atoms with Crippen LogP contribution in [0.2, 0.25) is 0 Å². The molecule has 0 saturated carbocycles. The largest absolute Gasteiger partial charge is 0.497 e. The minimum absolute atomic E-state index is 0.734. The maximum absolute atomic E-state index is 5.52. The van der Waals surface area contributed by atoms with Crippen molar-refractivity contribution in [1.82, 2.24) is 15.1 Å². The van der Waals surface area contributed by atoms with Crippen LogP contribution >= 0.6 is 0 Å². The van der Waals surface area contributed by atoms with E-state index in [1.54, 1.807) is 21.3 Å². The summed E-state index contributed by atoms with van der Waals surface area (Å²) in [6.45, 7) is 5.35. The van der Waals surface area contributed by atoms with Gasteiger partial charge in [0.2, 0.25) is 0 Å². The van der Waals surface area contributed by atoms with Crippen molar-refractivity contribution >= 4 is 5.96 Å². The summed E-state index contributed by atoms with van der Waals surface area (Å²) in [6.07, 6.45) is 0. The highest BCUT2D eigenvalue weighted by Crippen LogP contribution is 2.25. The van der Waals surface area contributed by atoms with Crippen molar-refractivity contribution in [3.05, 3.63) is 53.6 Å². The van der Waals surface area contributed by atoms with Gasteiger partial charge in [0.15, 0.2) is 5.96 Å². The Morgan fingerprint density at radius 3 is 2.17 bits per heavy atom. The number of nitrogens with zero attached hydrogens (tertiary/aromatic N) is 3. The molecule has 1 fully saturated rings. The standard InChI is InChI=1S/C23H32N4O3/c1-24-23(25-16-18-5-7-20(28-2)8-6-18)27-13-11-26(12-14-27)17-19-15-21(29-3)9-10-22(19)30-4/h5-10,15H,11-14,16-17H2,1-4H3,(H,24,25). The van der Waals surface area contributed by atoms with Gasteiger partial charge in [0.1, 0.15) is 17.2 Å². The second-order valence-corrected chi connectivity index (χ2v) is 7.19. The van der Waals surface area contributed by atoms with E-state index in [1.165, 1.54) is 5.56 Å². The number of nitrogens with one attached hydrogen (secondary N) is 1. The minimum atomic E-state index is 0.734. The molecule has 0 radical (unpaired) electrons. The number of guanidine groups is 1. The van der Waals surface area contributed by atoms with Gasteiger partial charge in [-0.05, 0) is 35.9 Å². The number of hydrogen-bond donors (Lipinski definition) is 1. The van der Waals surface area contributed by atoms with E-state index in [0.29, 0.717) is 0 Å². The smallest absolute Gasteiger partial charge is 0.194 e. The SMILES string of the molecule is CN=C(NCc1ccc(OC)cc1)N1CCN(Cc2cc(OC)ccc2OC)CC1. The summed E-state index contributed by atoms with van der Waals surface area (Å²) in [4.78, 5) is 9.21. The third kappa shape index (κ3) is 5.57. The summed E-state index contributed by atoms with van der Waals surface area (Å²) in [6, 6.07) is 14.0. The summed E-state index contributed by atoms with van der Waals surface area (Å²) in [5, 5.41) is 3.47. The third-order valence-electron chi connectivity index (χ3n) is 5.37. The lowest BCUT2D eigenvalue weighted by atomic mass is 10.1. The predicted molar refractivity (Wildman–Crippen MR) is 120 cm³/mol. The molecule has 1 aliphatic rings. The number of aliphatic imine (C=N–C) groups is 1. The van der Waals surface area contributed by atoms with Crippen molar-refractivity contribution in [2.24, 2.45) is 4.99 Å². The second-order valence-electron chi connectivity index (χ2n) is 7.19. The highest BCUT2D eigenvalue weighted by molar-refractivity contribution is 5.80. The first-order chi connectivity index (χ1) is 14.7. The molecule has 7 nitrogen and oxygen atoms in total. The van der Waals surface area contributed by atoms with Crippen LogP contribution in [0.5, 0.6) is 17.2 Å². The molecule has 2 aromatic rings. The maximum Gasteiger partial charge on any atom is 0.194 e. The molecule has 2 aromatic carbocycles. The first-order valence-electron chi connectivity index (χ1n) is 10.2. The number of hydrogen-bond acceptors (Lipinski definition) is 5. The predicted octanol–water partition coefficient (Wildman–Crippen LogP) is 2.61. The van der Waals surface area contributed by atoms with E-state index < -0.39 is 0 Å². The number of benzene rings is 2. The van der Waals surface area contributed by atoms with Crippen LogP contribution in [-0.2, 0) is 13.1 Å². The molecule has 1 saturated heterocycles. The summed E-state index contributed by atoms with van der Waals surface area (Å²) in [5.74, 6) is 3.55. The van der Waals surface area contributed by atoms with Crippen LogP contribution in [0.15, 0.2) is 47.5 Å². The summed E-state index contributed by atoms with van der Waals surface area (Å²) in [7, 11) is 6.92. The molecule has 0 aliphatic carbocycles. The Hall–Kier alpha value is -2.93. The zero-order valence-electron chi connectivity index (χ0n) is 18.4. The average Bonchev–Trinajstić information content (AvgIpc) is 2.80. The lowest BCUT2D eigenvalue weighted by molar-refractivity contribution is 0.171. The lowest BCUT2D eigenvalue weighted by Gasteiger charge is -2.36. The molecule has 0 bridgehead atoms. The fourth-order valence-corrected chi connectivity index (χ4v) is 3.62. The van der Waals surface area contributed by atoms with Crippen molar-refractivity contribution in [3.63, 3.8) is 0 Å². The van der Waals surface area contributed by atoms with Crippen LogP contribution in [0.25, 0.3) is 0 Å². The van der Waals surface area contributed by atoms with Gasteiger partial charge in [-0.25, -0.2) is 0 Å². The van der Waals surface area contributed by atoms with E-state index in [9.17, 15) is 0 Å². The van der Waals surface area contributed by atoms with Gasteiger partial charge in [0.25, 0.3) is 0 Å². The monoisotopic (exact) mass is 412 g/mol. The normalized spacial score (nSPS) is 15.1. The molecule has 1 aliphatic heterocycles. The van der Waals surface area contributed by atoms with E-state index >= 15 is 0 Å².